The lowest BCUT2D eigenvalue weighted by atomic mass is 10.1. The maximum atomic E-state index is 12.7. The number of nitrogens with one attached hydrogen (secondary N) is 2. The van der Waals surface area contributed by atoms with E-state index < -0.39 is 10.0 Å². The van der Waals surface area contributed by atoms with E-state index in [0.29, 0.717) is 19.4 Å². The van der Waals surface area contributed by atoms with Crippen LogP contribution in [0.15, 0.2) is 47.4 Å². The normalized spacial score (nSPS) is 11.9. The van der Waals surface area contributed by atoms with Gasteiger partial charge in [0.05, 0.1) is 22.5 Å². The zero-order valence-electron chi connectivity index (χ0n) is 16.9. The molecule has 2 N–H and O–H groups in total. The van der Waals surface area contributed by atoms with Crippen molar-refractivity contribution in [2.75, 3.05) is 20.1 Å². The first-order valence-electron chi connectivity index (χ1n) is 9.51. The molecule has 0 saturated heterocycles. The van der Waals surface area contributed by atoms with E-state index in [1.54, 1.807) is 18.2 Å². The molecule has 0 atom stereocenters. The van der Waals surface area contributed by atoms with Crippen LogP contribution < -0.4 is 5.32 Å². The number of sulfonamides is 1. The average molecular weight is 415 g/mol. The minimum Gasteiger partial charge on any atom is -0.355 e. The van der Waals surface area contributed by atoms with E-state index in [0.717, 1.165) is 32.3 Å². The molecule has 3 rings (SSSR count). The Hall–Kier alpha value is -2.71. The number of rotatable bonds is 8. The number of hydrogen-bond acceptors (Lipinski definition) is 4. The highest BCUT2D eigenvalue weighted by Crippen LogP contribution is 2.18. The van der Waals surface area contributed by atoms with Gasteiger partial charge in [0.1, 0.15) is 5.82 Å². The zero-order chi connectivity index (χ0) is 21.0. The number of aromatic amines is 1. The van der Waals surface area contributed by atoms with Gasteiger partial charge in [-0.05, 0) is 55.7 Å². The van der Waals surface area contributed by atoms with Crippen LogP contribution in [0.2, 0.25) is 0 Å². The number of H-pyrrole nitrogens is 1. The van der Waals surface area contributed by atoms with E-state index in [9.17, 15) is 13.2 Å². The number of para-hydroxylation sites is 2. The molecule has 0 saturated carbocycles. The summed E-state index contributed by atoms with van der Waals surface area (Å²) in [5, 5.41) is 2.77. The second-order valence-electron chi connectivity index (χ2n) is 7.16. The van der Waals surface area contributed by atoms with Gasteiger partial charge in [0, 0.05) is 20.0 Å². The largest absolute Gasteiger partial charge is 0.355 e. The highest BCUT2D eigenvalue weighted by Gasteiger charge is 2.23. The number of aryl methyl sites for hydroxylation is 3. The van der Waals surface area contributed by atoms with E-state index in [1.165, 1.54) is 7.05 Å². The second-order valence-corrected chi connectivity index (χ2v) is 9.21. The average Bonchev–Trinajstić information content (AvgIpc) is 3.10. The fourth-order valence-electron chi connectivity index (χ4n) is 3.01. The van der Waals surface area contributed by atoms with Crippen LogP contribution in [0.4, 0.5) is 0 Å². The topological polar surface area (TPSA) is 95.2 Å². The smallest absolute Gasteiger partial charge is 0.243 e. The molecule has 0 aliphatic rings. The first kappa shape index (κ1) is 21.0. The lowest BCUT2D eigenvalue weighted by Crippen LogP contribution is -2.38. The Morgan fingerprint density at radius 1 is 1.14 bits per heavy atom. The van der Waals surface area contributed by atoms with Crippen molar-refractivity contribution in [3.8, 4) is 0 Å². The molecule has 3 aromatic rings. The molecule has 0 aliphatic heterocycles. The van der Waals surface area contributed by atoms with Gasteiger partial charge in [0.15, 0.2) is 0 Å². The predicted molar refractivity (Wildman–Crippen MR) is 113 cm³/mol. The maximum Gasteiger partial charge on any atom is 0.243 e. The first-order valence-corrected chi connectivity index (χ1v) is 11.0. The zero-order valence-corrected chi connectivity index (χ0v) is 17.7. The molecule has 0 radical (unpaired) electrons. The molecule has 0 bridgehead atoms. The van der Waals surface area contributed by atoms with Crippen LogP contribution >= 0.6 is 0 Å². The van der Waals surface area contributed by atoms with Crippen molar-refractivity contribution in [1.29, 1.82) is 0 Å². The third kappa shape index (κ3) is 5.02. The van der Waals surface area contributed by atoms with Gasteiger partial charge in [-0.15, -0.1) is 0 Å². The summed E-state index contributed by atoms with van der Waals surface area (Å²) < 4.78 is 26.4. The number of benzene rings is 2. The molecule has 1 amide bonds. The predicted octanol–water partition coefficient (Wildman–Crippen LogP) is 2.55. The molecule has 0 aliphatic carbocycles. The molecule has 29 heavy (non-hydrogen) atoms. The summed E-state index contributed by atoms with van der Waals surface area (Å²) in [4.78, 5) is 20.1. The number of likely N-dealkylation sites (N-methyl/N-ethyl adjacent to an activating group) is 1. The van der Waals surface area contributed by atoms with Gasteiger partial charge < -0.3 is 10.3 Å². The monoisotopic (exact) mass is 414 g/mol. The minimum absolute atomic E-state index is 0.195. The number of aromatic nitrogens is 2. The summed E-state index contributed by atoms with van der Waals surface area (Å²) in [6.45, 7) is 4.02. The Bertz CT molecular complexity index is 1090. The van der Waals surface area contributed by atoms with Gasteiger partial charge in [-0.1, -0.05) is 18.2 Å². The molecule has 7 nitrogen and oxygen atoms in total. The van der Waals surface area contributed by atoms with Crippen LogP contribution in [0, 0.1) is 13.8 Å². The maximum absolute atomic E-state index is 12.7. The molecule has 154 valence electrons. The number of nitrogens with zero attached hydrogens (tertiary/aromatic N) is 2. The third-order valence-corrected chi connectivity index (χ3v) is 6.70. The van der Waals surface area contributed by atoms with Gasteiger partial charge in [0.2, 0.25) is 15.9 Å². The Morgan fingerprint density at radius 2 is 1.90 bits per heavy atom. The SMILES string of the molecule is Cc1ccc(S(=O)(=O)N(C)CC(=O)NCCCc2nc3ccccc3[nH]2)cc1C. The second kappa shape index (κ2) is 8.75. The standard InChI is InChI=1S/C21H26N4O3S/c1-15-10-11-17(13-16(15)2)29(27,28)25(3)14-21(26)22-12-6-9-20-23-18-7-4-5-8-19(18)24-20/h4-5,7-8,10-11,13H,6,9,12,14H2,1-3H3,(H,22,26)(H,23,24). The van der Waals surface area contributed by atoms with Crippen molar-refractivity contribution in [1.82, 2.24) is 19.6 Å². The first-order chi connectivity index (χ1) is 13.8. The number of hydrogen-bond donors (Lipinski definition) is 2. The van der Waals surface area contributed by atoms with E-state index in [-0.39, 0.29) is 17.3 Å². The van der Waals surface area contributed by atoms with Gasteiger partial charge >= 0.3 is 0 Å². The highest BCUT2D eigenvalue weighted by atomic mass is 32.2. The molecule has 2 aromatic carbocycles. The van der Waals surface area contributed by atoms with Crippen LogP contribution in [0.3, 0.4) is 0 Å². The van der Waals surface area contributed by atoms with Gasteiger partial charge in [-0.25, -0.2) is 13.4 Å². The van der Waals surface area contributed by atoms with E-state index >= 15 is 0 Å². The Morgan fingerprint density at radius 3 is 2.62 bits per heavy atom. The summed E-state index contributed by atoms with van der Waals surface area (Å²) in [6, 6.07) is 12.8. The lowest BCUT2D eigenvalue weighted by molar-refractivity contribution is -0.121. The summed E-state index contributed by atoms with van der Waals surface area (Å²) in [5.74, 6) is 0.541. The van der Waals surface area contributed by atoms with E-state index in [2.05, 4.69) is 15.3 Å². The van der Waals surface area contributed by atoms with Crippen molar-refractivity contribution in [3.63, 3.8) is 0 Å². The number of carbonyl (C=O) groups is 1. The Kier molecular flexibility index (Phi) is 6.34. The summed E-state index contributed by atoms with van der Waals surface area (Å²) in [6.07, 6.45) is 1.41. The van der Waals surface area contributed by atoms with Crippen LogP contribution in [0.5, 0.6) is 0 Å². The fraction of sp³-hybridized carbons (Fsp3) is 0.333. The van der Waals surface area contributed by atoms with Gasteiger partial charge in [-0.3, -0.25) is 4.79 Å². The Labute approximate surface area is 171 Å². The van der Waals surface area contributed by atoms with Crippen molar-refractivity contribution in [2.45, 2.75) is 31.6 Å². The lowest BCUT2D eigenvalue weighted by Gasteiger charge is -2.17. The Balaban J connectivity index is 1.48. The van der Waals surface area contributed by atoms with Crippen LogP contribution in [0.25, 0.3) is 11.0 Å². The van der Waals surface area contributed by atoms with Crippen LogP contribution in [0.1, 0.15) is 23.4 Å². The van der Waals surface area contributed by atoms with Gasteiger partial charge in [0.25, 0.3) is 0 Å². The van der Waals surface area contributed by atoms with Crippen molar-refractivity contribution in [2.24, 2.45) is 0 Å². The van der Waals surface area contributed by atoms with Crippen LogP contribution in [-0.4, -0.2) is 48.7 Å². The van der Waals surface area contributed by atoms with Gasteiger partial charge in [-0.2, -0.15) is 4.31 Å². The molecular weight excluding hydrogens is 388 g/mol. The molecule has 1 heterocycles. The molecule has 0 unspecified atom stereocenters. The molecule has 1 aromatic heterocycles. The fourth-order valence-corrected chi connectivity index (χ4v) is 4.22. The quantitative estimate of drug-likeness (QED) is 0.554. The molecule has 8 heteroatoms. The van der Waals surface area contributed by atoms with Crippen LogP contribution in [-0.2, 0) is 21.2 Å². The molecular formula is C21H26N4O3S. The minimum atomic E-state index is -3.70. The number of fused-ring (bicyclic) bond motifs is 1. The summed E-state index contributed by atoms with van der Waals surface area (Å²) in [7, 11) is -2.29. The van der Waals surface area contributed by atoms with E-state index in [4.69, 9.17) is 0 Å². The summed E-state index contributed by atoms with van der Waals surface area (Å²) in [5.41, 5.74) is 3.83. The summed E-state index contributed by atoms with van der Waals surface area (Å²) >= 11 is 0. The van der Waals surface area contributed by atoms with Crippen molar-refractivity contribution < 1.29 is 13.2 Å². The highest BCUT2D eigenvalue weighted by molar-refractivity contribution is 7.89. The molecule has 0 spiro atoms. The third-order valence-electron chi connectivity index (χ3n) is 4.90. The molecule has 0 fully saturated rings. The van der Waals surface area contributed by atoms with Crippen molar-refractivity contribution >= 4 is 27.0 Å². The number of amides is 1. The van der Waals surface area contributed by atoms with Crippen molar-refractivity contribution in [3.05, 3.63) is 59.4 Å². The van der Waals surface area contributed by atoms with E-state index in [1.807, 2.05) is 38.1 Å². The number of carbonyl (C=O) groups excluding carboxylic acids is 1. The number of imidazole rings is 1.